The van der Waals surface area contributed by atoms with Crippen LogP contribution in [0.1, 0.15) is 26.7 Å². The van der Waals surface area contributed by atoms with E-state index in [0.717, 1.165) is 12.8 Å². The molecule has 1 aliphatic carbocycles. The van der Waals surface area contributed by atoms with Gasteiger partial charge in [0.2, 0.25) is 10.0 Å². The van der Waals surface area contributed by atoms with Crippen molar-refractivity contribution < 1.29 is 8.42 Å². The molecule has 0 bridgehead atoms. The zero-order valence-corrected chi connectivity index (χ0v) is 11.6. The van der Waals surface area contributed by atoms with Crippen molar-refractivity contribution in [1.29, 1.82) is 0 Å². The third-order valence-corrected chi connectivity index (χ3v) is 6.82. The van der Waals surface area contributed by atoms with Crippen LogP contribution in [0.15, 0.2) is 0 Å². The maximum Gasteiger partial charge on any atom is 0.214 e. The number of hydrogen-bond acceptors (Lipinski definition) is 2. The maximum absolute atomic E-state index is 12.0. The van der Waals surface area contributed by atoms with E-state index in [-0.39, 0.29) is 10.2 Å². The third kappa shape index (κ3) is 2.56. The molecule has 0 aromatic heterocycles. The van der Waals surface area contributed by atoms with Crippen molar-refractivity contribution in [1.82, 2.24) is 4.31 Å². The van der Waals surface area contributed by atoms with Gasteiger partial charge in [0.25, 0.3) is 0 Å². The van der Waals surface area contributed by atoms with Gasteiger partial charge in [0.15, 0.2) is 0 Å². The van der Waals surface area contributed by atoms with Crippen LogP contribution in [-0.4, -0.2) is 36.4 Å². The third-order valence-electron chi connectivity index (χ3n) is 3.33. The molecule has 1 heterocycles. The Labute approximate surface area is 100 Å². The molecule has 3 nitrogen and oxygen atoms in total. The summed E-state index contributed by atoms with van der Waals surface area (Å²) in [5, 5.41) is 0. The van der Waals surface area contributed by atoms with E-state index in [1.807, 2.05) is 0 Å². The van der Waals surface area contributed by atoms with E-state index in [4.69, 9.17) is 0 Å². The fraction of sp³-hybridized carbons (Fsp3) is 1.00. The largest absolute Gasteiger partial charge is 0.214 e. The molecule has 1 saturated carbocycles. The van der Waals surface area contributed by atoms with E-state index >= 15 is 0 Å². The van der Waals surface area contributed by atoms with Gasteiger partial charge in [-0.15, -0.1) is 0 Å². The van der Waals surface area contributed by atoms with Gasteiger partial charge in [-0.1, -0.05) is 29.8 Å². The van der Waals surface area contributed by atoms with Crippen molar-refractivity contribution in [3.63, 3.8) is 0 Å². The minimum atomic E-state index is -3.00. The molecule has 0 N–H and O–H groups in total. The first-order valence-corrected chi connectivity index (χ1v) is 7.96. The molecule has 15 heavy (non-hydrogen) atoms. The van der Waals surface area contributed by atoms with Crippen LogP contribution in [0.3, 0.4) is 0 Å². The van der Waals surface area contributed by atoms with E-state index in [9.17, 15) is 8.42 Å². The van der Waals surface area contributed by atoms with Crippen molar-refractivity contribution in [2.75, 3.05) is 18.8 Å². The molecule has 0 aromatic rings. The van der Waals surface area contributed by atoms with Crippen LogP contribution in [0.25, 0.3) is 0 Å². The van der Waals surface area contributed by atoms with Crippen molar-refractivity contribution in [2.45, 2.75) is 31.5 Å². The predicted molar refractivity (Wildman–Crippen MR) is 64.6 cm³/mol. The number of rotatable bonds is 3. The molecule has 0 radical (unpaired) electrons. The number of halogens is 1. The molecule has 2 rings (SSSR count). The first-order valence-electron chi connectivity index (χ1n) is 5.43. The minimum Gasteiger partial charge on any atom is -0.212 e. The SMILES string of the molecule is CC1(C)CN(S(=O)(=O)CC2CC2)CC1Br. The molecule has 2 aliphatic rings. The summed E-state index contributed by atoms with van der Waals surface area (Å²) in [6, 6.07) is 0. The lowest BCUT2D eigenvalue weighted by Crippen LogP contribution is -2.32. The predicted octanol–water partition coefficient (Wildman–Crippen LogP) is 1.83. The van der Waals surface area contributed by atoms with Gasteiger partial charge in [-0.05, 0) is 24.2 Å². The van der Waals surface area contributed by atoms with Gasteiger partial charge in [-0.2, -0.15) is 0 Å². The van der Waals surface area contributed by atoms with E-state index in [2.05, 4.69) is 29.8 Å². The second-order valence-electron chi connectivity index (χ2n) is 5.47. The van der Waals surface area contributed by atoms with Crippen molar-refractivity contribution in [3.05, 3.63) is 0 Å². The molecule has 2 fully saturated rings. The Morgan fingerprint density at radius 3 is 2.40 bits per heavy atom. The first-order chi connectivity index (χ1) is 6.81. The van der Waals surface area contributed by atoms with Gasteiger partial charge < -0.3 is 0 Å². The molecular formula is C10H18BrNO2S. The number of hydrogen-bond donors (Lipinski definition) is 0. The van der Waals surface area contributed by atoms with Gasteiger partial charge >= 0.3 is 0 Å². The van der Waals surface area contributed by atoms with Crippen molar-refractivity contribution in [2.24, 2.45) is 11.3 Å². The fourth-order valence-electron chi connectivity index (χ4n) is 1.94. The molecule has 88 valence electrons. The average Bonchev–Trinajstić information content (AvgIpc) is 2.80. The molecule has 1 saturated heterocycles. The molecular weight excluding hydrogens is 278 g/mol. The lowest BCUT2D eigenvalue weighted by molar-refractivity contribution is 0.381. The van der Waals surface area contributed by atoms with Crippen LogP contribution in [0, 0.1) is 11.3 Å². The van der Waals surface area contributed by atoms with Crippen LogP contribution in [-0.2, 0) is 10.0 Å². The van der Waals surface area contributed by atoms with E-state index in [1.54, 1.807) is 4.31 Å². The van der Waals surface area contributed by atoms with Gasteiger partial charge in [-0.25, -0.2) is 12.7 Å². The molecule has 1 aliphatic heterocycles. The zero-order valence-electron chi connectivity index (χ0n) is 9.24. The van der Waals surface area contributed by atoms with Crippen LogP contribution >= 0.6 is 15.9 Å². The normalized spacial score (nSPS) is 32.1. The molecule has 5 heteroatoms. The van der Waals surface area contributed by atoms with Crippen LogP contribution in [0.2, 0.25) is 0 Å². The zero-order chi connectivity index (χ0) is 11.3. The topological polar surface area (TPSA) is 37.4 Å². The number of sulfonamides is 1. The minimum absolute atomic E-state index is 0.0522. The summed E-state index contributed by atoms with van der Waals surface area (Å²) in [6.07, 6.45) is 2.18. The van der Waals surface area contributed by atoms with E-state index in [1.165, 1.54) is 0 Å². The Kier molecular flexibility index (Phi) is 2.93. The fourth-order valence-corrected chi connectivity index (χ4v) is 4.68. The molecule has 0 amide bonds. The lowest BCUT2D eigenvalue weighted by atomic mass is 9.93. The highest BCUT2D eigenvalue weighted by atomic mass is 79.9. The maximum atomic E-state index is 12.0. The Morgan fingerprint density at radius 1 is 1.40 bits per heavy atom. The van der Waals surface area contributed by atoms with Gasteiger partial charge in [-0.3, -0.25) is 0 Å². The Balaban J connectivity index is 2.05. The Bertz CT molecular complexity index is 348. The first kappa shape index (κ1) is 11.9. The highest BCUT2D eigenvalue weighted by Crippen LogP contribution is 2.38. The second-order valence-corrected chi connectivity index (χ2v) is 8.59. The summed E-state index contributed by atoms with van der Waals surface area (Å²) < 4.78 is 25.7. The van der Waals surface area contributed by atoms with Crippen LogP contribution in [0.5, 0.6) is 0 Å². The van der Waals surface area contributed by atoms with Gasteiger partial charge in [0.1, 0.15) is 0 Å². The highest BCUT2D eigenvalue weighted by Gasteiger charge is 2.43. The Hall–Kier alpha value is 0.390. The van der Waals surface area contributed by atoms with Gasteiger partial charge in [0, 0.05) is 17.9 Å². The van der Waals surface area contributed by atoms with E-state index in [0.29, 0.717) is 24.8 Å². The van der Waals surface area contributed by atoms with Crippen molar-refractivity contribution in [3.8, 4) is 0 Å². The molecule has 1 atom stereocenters. The summed E-state index contributed by atoms with van der Waals surface area (Å²) in [5.74, 6) is 0.801. The smallest absolute Gasteiger partial charge is 0.212 e. The summed E-state index contributed by atoms with van der Waals surface area (Å²) in [4.78, 5) is 0.277. The molecule has 0 aromatic carbocycles. The summed E-state index contributed by atoms with van der Waals surface area (Å²) in [7, 11) is -3.00. The highest BCUT2D eigenvalue weighted by molar-refractivity contribution is 9.09. The lowest BCUT2D eigenvalue weighted by Gasteiger charge is -2.21. The number of nitrogens with zero attached hydrogens (tertiary/aromatic N) is 1. The summed E-state index contributed by atoms with van der Waals surface area (Å²) in [6.45, 7) is 5.50. The second kappa shape index (κ2) is 3.70. The quantitative estimate of drug-likeness (QED) is 0.745. The van der Waals surface area contributed by atoms with Crippen LogP contribution < -0.4 is 0 Å². The summed E-state index contributed by atoms with van der Waals surface area (Å²) in [5.41, 5.74) is 0.0522. The number of alkyl halides is 1. The van der Waals surface area contributed by atoms with Crippen molar-refractivity contribution >= 4 is 26.0 Å². The molecule has 0 spiro atoms. The molecule has 1 unspecified atom stereocenters. The monoisotopic (exact) mass is 295 g/mol. The Morgan fingerprint density at radius 2 is 2.00 bits per heavy atom. The van der Waals surface area contributed by atoms with Gasteiger partial charge in [0.05, 0.1) is 5.75 Å². The average molecular weight is 296 g/mol. The standard InChI is InChI=1S/C10H18BrNO2S/c1-10(2)7-12(5-9(10)11)15(13,14)6-8-3-4-8/h8-9H,3-7H2,1-2H3. The summed E-state index contributed by atoms with van der Waals surface area (Å²) >= 11 is 3.57. The van der Waals surface area contributed by atoms with E-state index < -0.39 is 10.0 Å². The van der Waals surface area contributed by atoms with Crippen LogP contribution in [0.4, 0.5) is 0 Å².